The van der Waals surface area contributed by atoms with Crippen LogP contribution < -0.4 is 5.32 Å². The third-order valence-corrected chi connectivity index (χ3v) is 3.64. The highest BCUT2D eigenvalue weighted by Gasteiger charge is 2.21. The summed E-state index contributed by atoms with van der Waals surface area (Å²) in [7, 11) is 0. The van der Waals surface area contributed by atoms with Crippen LogP contribution in [0.4, 0.5) is 4.39 Å². The molecule has 0 aromatic heterocycles. The SMILES string of the molecule is CC(C)C(C)(C)CNCc1ccc(C#N)cc1F. The molecule has 0 aliphatic heterocycles. The summed E-state index contributed by atoms with van der Waals surface area (Å²) in [5, 5.41) is 11.9. The van der Waals surface area contributed by atoms with Crippen molar-refractivity contribution in [2.45, 2.75) is 34.2 Å². The highest BCUT2D eigenvalue weighted by molar-refractivity contribution is 5.32. The average molecular weight is 248 g/mol. The van der Waals surface area contributed by atoms with Gasteiger partial charge in [0.25, 0.3) is 0 Å². The second-order valence-electron chi connectivity index (χ2n) is 5.66. The molecule has 0 radical (unpaired) electrons. The van der Waals surface area contributed by atoms with E-state index >= 15 is 0 Å². The molecule has 2 nitrogen and oxygen atoms in total. The second-order valence-corrected chi connectivity index (χ2v) is 5.66. The molecule has 1 rings (SSSR count). The molecule has 0 amide bonds. The van der Waals surface area contributed by atoms with Crippen LogP contribution in [0.15, 0.2) is 18.2 Å². The Balaban J connectivity index is 2.58. The van der Waals surface area contributed by atoms with E-state index in [0.29, 0.717) is 23.6 Å². The lowest BCUT2D eigenvalue weighted by molar-refractivity contribution is 0.237. The van der Waals surface area contributed by atoms with Gasteiger partial charge < -0.3 is 5.32 Å². The number of halogens is 1. The standard InChI is InChI=1S/C15H21FN2/c1-11(2)15(3,4)10-18-9-13-6-5-12(8-17)7-14(13)16/h5-7,11,18H,9-10H2,1-4H3. The Kier molecular flexibility index (Phi) is 4.86. The van der Waals surface area contributed by atoms with Gasteiger partial charge in [0.2, 0.25) is 0 Å². The molecule has 1 N–H and O–H groups in total. The largest absolute Gasteiger partial charge is 0.312 e. The van der Waals surface area contributed by atoms with E-state index in [9.17, 15) is 4.39 Å². The van der Waals surface area contributed by atoms with E-state index < -0.39 is 0 Å². The van der Waals surface area contributed by atoms with Gasteiger partial charge in [0.1, 0.15) is 5.82 Å². The van der Waals surface area contributed by atoms with Crippen LogP contribution in [0.5, 0.6) is 0 Å². The topological polar surface area (TPSA) is 35.8 Å². The Labute approximate surface area is 109 Å². The van der Waals surface area contributed by atoms with Crippen molar-refractivity contribution in [1.29, 1.82) is 5.26 Å². The van der Waals surface area contributed by atoms with Gasteiger partial charge in [0, 0.05) is 18.7 Å². The lowest BCUT2D eigenvalue weighted by Gasteiger charge is -2.29. The third-order valence-electron chi connectivity index (χ3n) is 3.64. The van der Waals surface area contributed by atoms with E-state index in [1.165, 1.54) is 6.07 Å². The van der Waals surface area contributed by atoms with E-state index in [1.807, 2.05) is 6.07 Å². The summed E-state index contributed by atoms with van der Waals surface area (Å²) in [6.45, 7) is 10.1. The van der Waals surface area contributed by atoms with Crippen molar-refractivity contribution >= 4 is 0 Å². The van der Waals surface area contributed by atoms with Crippen molar-refractivity contribution in [2.24, 2.45) is 11.3 Å². The summed E-state index contributed by atoms with van der Waals surface area (Å²) in [6.07, 6.45) is 0. The predicted octanol–water partition coefficient (Wildman–Crippen LogP) is 3.47. The zero-order valence-electron chi connectivity index (χ0n) is 11.5. The highest BCUT2D eigenvalue weighted by atomic mass is 19.1. The summed E-state index contributed by atoms with van der Waals surface area (Å²) in [6, 6.07) is 6.53. The summed E-state index contributed by atoms with van der Waals surface area (Å²) in [5.41, 5.74) is 1.15. The smallest absolute Gasteiger partial charge is 0.129 e. The van der Waals surface area contributed by atoms with Gasteiger partial charge in [0.15, 0.2) is 0 Å². The van der Waals surface area contributed by atoms with Crippen LogP contribution in [0.1, 0.15) is 38.8 Å². The maximum Gasteiger partial charge on any atom is 0.129 e. The molecule has 0 unspecified atom stereocenters. The van der Waals surface area contributed by atoms with Crippen LogP contribution in [0.3, 0.4) is 0 Å². The van der Waals surface area contributed by atoms with Crippen LogP contribution in [-0.2, 0) is 6.54 Å². The first kappa shape index (κ1) is 14.7. The van der Waals surface area contributed by atoms with Gasteiger partial charge in [-0.3, -0.25) is 0 Å². The normalized spacial score (nSPS) is 11.6. The maximum atomic E-state index is 13.6. The number of nitrogens with one attached hydrogen (secondary N) is 1. The van der Waals surface area contributed by atoms with Crippen LogP contribution in [0.25, 0.3) is 0 Å². The van der Waals surface area contributed by atoms with E-state index in [-0.39, 0.29) is 11.2 Å². The van der Waals surface area contributed by atoms with Crippen molar-refractivity contribution in [3.63, 3.8) is 0 Å². The van der Waals surface area contributed by atoms with E-state index in [4.69, 9.17) is 5.26 Å². The molecule has 0 saturated carbocycles. The van der Waals surface area contributed by atoms with Crippen molar-refractivity contribution in [3.8, 4) is 6.07 Å². The molecule has 0 spiro atoms. The lowest BCUT2D eigenvalue weighted by atomic mass is 9.81. The summed E-state index contributed by atoms with van der Waals surface area (Å²) < 4.78 is 13.6. The Morgan fingerprint density at radius 2 is 2.06 bits per heavy atom. The van der Waals surface area contributed by atoms with Crippen molar-refractivity contribution in [2.75, 3.05) is 6.54 Å². The van der Waals surface area contributed by atoms with Gasteiger partial charge in [0.05, 0.1) is 11.6 Å². The quantitative estimate of drug-likeness (QED) is 0.866. The Morgan fingerprint density at radius 1 is 1.39 bits per heavy atom. The van der Waals surface area contributed by atoms with Gasteiger partial charge in [-0.25, -0.2) is 4.39 Å². The molecule has 0 saturated heterocycles. The lowest BCUT2D eigenvalue weighted by Crippen LogP contribution is -2.33. The molecular formula is C15H21FN2. The summed E-state index contributed by atoms with van der Waals surface area (Å²) in [5.74, 6) is 0.250. The molecule has 0 atom stereocenters. The minimum absolute atomic E-state index is 0.184. The van der Waals surface area contributed by atoms with Gasteiger partial charge >= 0.3 is 0 Å². The Hall–Kier alpha value is -1.40. The van der Waals surface area contributed by atoms with Crippen LogP contribution in [0.2, 0.25) is 0 Å². The number of hydrogen-bond donors (Lipinski definition) is 1. The number of nitrogens with zero attached hydrogens (tertiary/aromatic N) is 1. The zero-order valence-corrected chi connectivity index (χ0v) is 11.5. The van der Waals surface area contributed by atoms with Gasteiger partial charge in [-0.15, -0.1) is 0 Å². The maximum absolute atomic E-state index is 13.6. The minimum Gasteiger partial charge on any atom is -0.312 e. The first-order valence-corrected chi connectivity index (χ1v) is 6.26. The Morgan fingerprint density at radius 3 is 2.56 bits per heavy atom. The molecule has 1 aromatic carbocycles. The molecule has 3 heteroatoms. The van der Waals surface area contributed by atoms with Crippen molar-refractivity contribution in [3.05, 3.63) is 35.1 Å². The van der Waals surface area contributed by atoms with Crippen LogP contribution >= 0.6 is 0 Å². The van der Waals surface area contributed by atoms with Gasteiger partial charge in [-0.05, 0) is 23.5 Å². The molecule has 0 heterocycles. The fourth-order valence-corrected chi connectivity index (χ4v) is 1.48. The first-order valence-electron chi connectivity index (χ1n) is 6.26. The summed E-state index contributed by atoms with van der Waals surface area (Å²) >= 11 is 0. The van der Waals surface area contributed by atoms with E-state index in [2.05, 4.69) is 33.0 Å². The molecule has 0 aliphatic rings. The molecule has 0 fully saturated rings. The fraction of sp³-hybridized carbons (Fsp3) is 0.533. The average Bonchev–Trinajstić information content (AvgIpc) is 2.30. The Bertz CT molecular complexity index is 444. The van der Waals surface area contributed by atoms with E-state index in [1.54, 1.807) is 12.1 Å². The fourth-order valence-electron chi connectivity index (χ4n) is 1.48. The number of benzene rings is 1. The van der Waals surface area contributed by atoms with E-state index in [0.717, 1.165) is 6.54 Å². The molecule has 0 aliphatic carbocycles. The number of rotatable bonds is 5. The van der Waals surface area contributed by atoms with Crippen molar-refractivity contribution in [1.82, 2.24) is 5.32 Å². The minimum atomic E-state index is -0.316. The number of hydrogen-bond acceptors (Lipinski definition) is 2. The van der Waals surface area contributed by atoms with Crippen LogP contribution in [-0.4, -0.2) is 6.54 Å². The van der Waals surface area contributed by atoms with Crippen LogP contribution in [0, 0.1) is 28.5 Å². The molecular weight excluding hydrogens is 227 g/mol. The first-order chi connectivity index (χ1) is 8.36. The molecule has 0 bridgehead atoms. The third kappa shape index (κ3) is 3.82. The number of nitriles is 1. The molecule has 18 heavy (non-hydrogen) atoms. The second kappa shape index (κ2) is 5.97. The molecule has 1 aromatic rings. The predicted molar refractivity (Wildman–Crippen MR) is 71.4 cm³/mol. The van der Waals surface area contributed by atoms with Gasteiger partial charge in [-0.1, -0.05) is 33.8 Å². The monoisotopic (exact) mass is 248 g/mol. The highest BCUT2D eigenvalue weighted by Crippen LogP contribution is 2.24. The molecule has 98 valence electrons. The van der Waals surface area contributed by atoms with Gasteiger partial charge in [-0.2, -0.15) is 5.26 Å². The summed E-state index contributed by atoms with van der Waals surface area (Å²) in [4.78, 5) is 0. The zero-order chi connectivity index (χ0) is 13.8. The van der Waals surface area contributed by atoms with Crippen molar-refractivity contribution < 1.29 is 4.39 Å².